The number of aryl methyl sites for hydroxylation is 1. The Bertz CT molecular complexity index is 362. The lowest BCUT2D eigenvalue weighted by Crippen LogP contribution is -2.25. The molecule has 0 aliphatic carbocycles. The van der Waals surface area contributed by atoms with E-state index in [1.807, 2.05) is 13.1 Å². The van der Waals surface area contributed by atoms with Gasteiger partial charge >= 0.3 is 5.97 Å². The third kappa shape index (κ3) is 6.21. The molecule has 1 rings (SSSR count). The summed E-state index contributed by atoms with van der Waals surface area (Å²) in [4.78, 5) is 13.0. The largest absolute Gasteiger partial charge is 0.461 e. The molecule has 0 spiro atoms. The summed E-state index contributed by atoms with van der Waals surface area (Å²) in [5.41, 5.74) is 1.36. The minimum atomic E-state index is -0.354. The van der Waals surface area contributed by atoms with Gasteiger partial charge < -0.3 is 9.64 Å². The summed E-state index contributed by atoms with van der Waals surface area (Å²) in [6.45, 7) is 5.54. The second kappa shape index (κ2) is 8.48. The van der Waals surface area contributed by atoms with Gasteiger partial charge in [-0.3, -0.25) is 0 Å². The molecule has 0 amide bonds. The average Bonchev–Trinajstić information content (AvgIpc) is 2.39. The first-order chi connectivity index (χ1) is 8.72. The topological polar surface area (TPSA) is 29.5 Å². The summed E-state index contributed by atoms with van der Waals surface area (Å²) in [6, 6.07) is 10.4. The highest BCUT2D eigenvalue weighted by Gasteiger charge is 2.01. The number of nitrogens with zero attached hydrogens (tertiary/aromatic N) is 1. The highest BCUT2D eigenvalue weighted by molar-refractivity contribution is 5.81. The Morgan fingerprint density at radius 1 is 1.33 bits per heavy atom. The van der Waals surface area contributed by atoms with Gasteiger partial charge in [-0.25, -0.2) is 4.79 Å². The number of benzene rings is 1. The molecule has 1 aromatic rings. The van der Waals surface area contributed by atoms with Crippen molar-refractivity contribution in [3.8, 4) is 0 Å². The number of hydrogen-bond acceptors (Lipinski definition) is 3. The fourth-order valence-corrected chi connectivity index (χ4v) is 1.67. The van der Waals surface area contributed by atoms with Crippen molar-refractivity contribution in [2.24, 2.45) is 0 Å². The summed E-state index contributed by atoms with van der Waals surface area (Å²) in [6.07, 6.45) is 3.38. The molecule has 18 heavy (non-hydrogen) atoms. The first-order valence-electron chi connectivity index (χ1n) is 6.24. The van der Waals surface area contributed by atoms with E-state index in [0.29, 0.717) is 6.61 Å². The van der Waals surface area contributed by atoms with Crippen LogP contribution in [-0.2, 0) is 16.0 Å². The van der Waals surface area contributed by atoms with E-state index in [1.54, 1.807) is 0 Å². The van der Waals surface area contributed by atoms with Crippen LogP contribution in [0, 0.1) is 0 Å². The van der Waals surface area contributed by atoms with Crippen molar-refractivity contribution in [3.05, 3.63) is 48.6 Å². The lowest BCUT2D eigenvalue weighted by atomic mass is 10.1. The molecule has 0 radical (unpaired) electrons. The van der Waals surface area contributed by atoms with E-state index < -0.39 is 0 Å². The smallest absolute Gasteiger partial charge is 0.330 e. The van der Waals surface area contributed by atoms with Crippen LogP contribution >= 0.6 is 0 Å². The monoisotopic (exact) mass is 247 g/mol. The maximum Gasteiger partial charge on any atom is 0.330 e. The molecule has 0 aromatic heterocycles. The van der Waals surface area contributed by atoms with Crippen molar-refractivity contribution in [1.29, 1.82) is 0 Å². The molecular formula is C15H21NO2. The number of likely N-dealkylation sites (N-methyl/N-ethyl adjacent to an activating group) is 1. The molecule has 0 fully saturated rings. The van der Waals surface area contributed by atoms with Crippen LogP contribution in [0.5, 0.6) is 0 Å². The molecular weight excluding hydrogens is 226 g/mol. The van der Waals surface area contributed by atoms with Gasteiger partial charge in [0, 0.05) is 12.6 Å². The average molecular weight is 247 g/mol. The van der Waals surface area contributed by atoms with Crippen LogP contribution in [0.15, 0.2) is 43.0 Å². The number of esters is 1. The Hall–Kier alpha value is -1.61. The van der Waals surface area contributed by atoms with Gasteiger partial charge in [0.15, 0.2) is 0 Å². The van der Waals surface area contributed by atoms with Crippen LogP contribution in [0.1, 0.15) is 12.0 Å². The molecule has 98 valence electrons. The minimum absolute atomic E-state index is 0.354. The summed E-state index contributed by atoms with van der Waals surface area (Å²) in [5, 5.41) is 0. The SMILES string of the molecule is C=CC(=O)OCCN(C)CCCc1ccccc1. The normalized spacial score (nSPS) is 10.3. The zero-order valence-corrected chi connectivity index (χ0v) is 11.0. The van der Waals surface area contributed by atoms with E-state index in [-0.39, 0.29) is 5.97 Å². The predicted molar refractivity (Wildman–Crippen MR) is 73.4 cm³/mol. The van der Waals surface area contributed by atoms with Gasteiger partial charge in [-0.15, -0.1) is 0 Å². The van der Waals surface area contributed by atoms with Gasteiger partial charge in [-0.1, -0.05) is 36.9 Å². The van der Waals surface area contributed by atoms with Crippen LogP contribution in [0.4, 0.5) is 0 Å². The summed E-state index contributed by atoms with van der Waals surface area (Å²) < 4.78 is 4.93. The van der Waals surface area contributed by atoms with E-state index >= 15 is 0 Å². The van der Waals surface area contributed by atoms with Crippen molar-refractivity contribution in [1.82, 2.24) is 4.90 Å². The molecule has 0 heterocycles. The molecule has 0 saturated heterocycles. The molecule has 0 aliphatic rings. The van der Waals surface area contributed by atoms with E-state index in [9.17, 15) is 4.79 Å². The van der Waals surface area contributed by atoms with Gasteiger partial charge in [0.1, 0.15) is 6.61 Å². The lowest BCUT2D eigenvalue weighted by molar-refractivity contribution is -0.138. The van der Waals surface area contributed by atoms with Crippen molar-refractivity contribution in [2.45, 2.75) is 12.8 Å². The molecule has 0 saturated carbocycles. The zero-order chi connectivity index (χ0) is 13.2. The van der Waals surface area contributed by atoms with Crippen molar-refractivity contribution in [2.75, 3.05) is 26.7 Å². The molecule has 0 bridgehead atoms. The van der Waals surface area contributed by atoms with Gasteiger partial charge in [0.2, 0.25) is 0 Å². The molecule has 3 heteroatoms. The molecule has 3 nitrogen and oxygen atoms in total. The third-order valence-corrected chi connectivity index (χ3v) is 2.73. The second-order valence-electron chi connectivity index (χ2n) is 4.26. The summed E-state index contributed by atoms with van der Waals surface area (Å²) in [5.74, 6) is -0.354. The van der Waals surface area contributed by atoms with Gasteiger partial charge in [0.25, 0.3) is 0 Å². The van der Waals surface area contributed by atoms with Gasteiger partial charge in [-0.05, 0) is 32.0 Å². The Kier molecular flexibility index (Phi) is 6.81. The quantitative estimate of drug-likeness (QED) is 0.521. The molecule has 0 aliphatic heterocycles. The number of carbonyl (C=O) groups is 1. The summed E-state index contributed by atoms with van der Waals surface area (Å²) >= 11 is 0. The standard InChI is InChI=1S/C15H21NO2/c1-3-15(17)18-13-12-16(2)11-7-10-14-8-5-4-6-9-14/h3-6,8-9H,1,7,10-13H2,2H3. The van der Waals surface area contributed by atoms with Crippen LogP contribution < -0.4 is 0 Å². The first kappa shape index (κ1) is 14.5. The van der Waals surface area contributed by atoms with Crippen LogP contribution in [0.3, 0.4) is 0 Å². The lowest BCUT2D eigenvalue weighted by Gasteiger charge is -2.16. The highest BCUT2D eigenvalue weighted by atomic mass is 16.5. The molecule has 0 atom stereocenters. The van der Waals surface area contributed by atoms with Crippen LogP contribution in [-0.4, -0.2) is 37.6 Å². The zero-order valence-electron chi connectivity index (χ0n) is 11.0. The Labute approximate surface area is 109 Å². The van der Waals surface area contributed by atoms with E-state index in [4.69, 9.17) is 4.74 Å². The molecule has 0 unspecified atom stereocenters. The number of hydrogen-bond donors (Lipinski definition) is 0. The summed E-state index contributed by atoms with van der Waals surface area (Å²) in [7, 11) is 2.03. The number of ether oxygens (including phenoxy) is 1. The maximum absolute atomic E-state index is 10.8. The fraction of sp³-hybridized carbons (Fsp3) is 0.400. The van der Waals surface area contributed by atoms with Crippen LogP contribution in [0.25, 0.3) is 0 Å². The van der Waals surface area contributed by atoms with E-state index in [1.165, 1.54) is 11.6 Å². The Morgan fingerprint density at radius 3 is 2.72 bits per heavy atom. The van der Waals surface area contributed by atoms with Gasteiger partial charge in [0.05, 0.1) is 0 Å². The van der Waals surface area contributed by atoms with Crippen molar-refractivity contribution < 1.29 is 9.53 Å². The van der Waals surface area contributed by atoms with E-state index in [2.05, 4.69) is 35.7 Å². The van der Waals surface area contributed by atoms with Crippen molar-refractivity contribution >= 4 is 5.97 Å². The minimum Gasteiger partial charge on any atom is -0.461 e. The Morgan fingerprint density at radius 2 is 2.06 bits per heavy atom. The number of carbonyl (C=O) groups excluding carboxylic acids is 1. The Balaban J connectivity index is 2.08. The predicted octanol–water partition coefficient (Wildman–Crippen LogP) is 2.28. The molecule has 1 aromatic carbocycles. The maximum atomic E-state index is 10.8. The van der Waals surface area contributed by atoms with Gasteiger partial charge in [-0.2, -0.15) is 0 Å². The van der Waals surface area contributed by atoms with Crippen molar-refractivity contribution in [3.63, 3.8) is 0 Å². The first-order valence-corrected chi connectivity index (χ1v) is 6.24. The number of rotatable bonds is 8. The van der Waals surface area contributed by atoms with E-state index in [0.717, 1.165) is 25.9 Å². The van der Waals surface area contributed by atoms with Crippen LogP contribution in [0.2, 0.25) is 0 Å². The fourth-order valence-electron chi connectivity index (χ4n) is 1.67. The third-order valence-electron chi connectivity index (χ3n) is 2.73. The molecule has 0 N–H and O–H groups in total. The highest BCUT2D eigenvalue weighted by Crippen LogP contribution is 2.02. The second-order valence-corrected chi connectivity index (χ2v) is 4.26.